The number of nitrogens with zero attached hydrogens (tertiary/aromatic N) is 3. The van der Waals surface area contributed by atoms with E-state index < -0.39 is 15.5 Å². The molecule has 1 aliphatic rings. The van der Waals surface area contributed by atoms with Crippen LogP contribution in [0.2, 0.25) is 0 Å². The maximum atomic E-state index is 11.1. The first kappa shape index (κ1) is 18.1. The summed E-state index contributed by atoms with van der Waals surface area (Å²) < 4.78 is 0. The summed E-state index contributed by atoms with van der Waals surface area (Å²) in [5, 5.41) is 25.9. The Kier molecular flexibility index (Phi) is 6.16. The molecule has 0 fully saturated rings. The van der Waals surface area contributed by atoms with Gasteiger partial charge in [0.1, 0.15) is 5.69 Å². The second-order valence-electron chi connectivity index (χ2n) is 5.41. The van der Waals surface area contributed by atoms with E-state index in [1.165, 1.54) is 12.1 Å². The van der Waals surface area contributed by atoms with Gasteiger partial charge in [-0.15, -0.1) is 0 Å². The highest BCUT2D eigenvalue weighted by Gasteiger charge is 2.19. The molecule has 0 aromatic heterocycles. The van der Waals surface area contributed by atoms with Crippen molar-refractivity contribution in [3.05, 3.63) is 74.9 Å². The fourth-order valence-corrected chi connectivity index (χ4v) is 2.42. The third-order valence-corrected chi connectivity index (χ3v) is 3.81. The molecule has 0 heterocycles. The Morgan fingerprint density at radius 1 is 1.16 bits per heavy atom. The highest BCUT2D eigenvalue weighted by molar-refractivity contribution is 5.68. The number of hydrazone groups is 1. The smallest absolute Gasteiger partial charge is 0.272 e. The van der Waals surface area contributed by atoms with Crippen molar-refractivity contribution in [1.82, 2.24) is 0 Å². The zero-order chi connectivity index (χ0) is 18.2. The lowest BCUT2D eigenvalue weighted by Gasteiger charge is -2.15. The number of anilines is 1. The topological polar surface area (TPSA) is 111 Å². The van der Waals surface area contributed by atoms with Gasteiger partial charge in [0, 0.05) is 24.1 Å². The lowest BCUT2D eigenvalue weighted by molar-refractivity contribution is -0.393. The molecule has 25 heavy (non-hydrogen) atoms. The van der Waals surface area contributed by atoms with E-state index in [-0.39, 0.29) is 23.2 Å². The van der Waals surface area contributed by atoms with Gasteiger partial charge >= 0.3 is 5.69 Å². The zero-order valence-corrected chi connectivity index (χ0v) is 13.6. The van der Waals surface area contributed by atoms with Crippen molar-refractivity contribution in [2.24, 2.45) is 16.9 Å². The molecule has 1 aromatic carbocycles. The summed E-state index contributed by atoms with van der Waals surface area (Å²) >= 11 is 0. The molecule has 0 aliphatic heterocycles. The summed E-state index contributed by atoms with van der Waals surface area (Å²) in [6.07, 6.45) is 14.5. The Morgan fingerprint density at radius 2 is 1.84 bits per heavy atom. The van der Waals surface area contributed by atoms with E-state index in [1.807, 2.05) is 31.2 Å². The van der Waals surface area contributed by atoms with Crippen molar-refractivity contribution in [2.45, 2.75) is 13.3 Å². The second kappa shape index (κ2) is 8.53. The molecule has 2 rings (SSSR count). The lowest BCUT2D eigenvalue weighted by Crippen LogP contribution is -2.12. The molecule has 1 unspecified atom stereocenters. The van der Waals surface area contributed by atoms with Crippen LogP contribution in [0.4, 0.5) is 17.1 Å². The van der Waals surface area contributed by atoms with Gasteiger partial charge < -0.3 is 0 Å². The van der Waals surface area contributed by atoms with E-state index in [9.17, 15) is 20.2 Å². The molecule has 130 valence electrons. The predicted molar refractivity (Wildman–Crippen MR) is 96.6 cm³/mol. The maximum absolute atomic E-state index is 11.1. The SMILES string of the molecule is CCC(/C=N/Nc1ccc([N+](=O)[O-])cc1[N+](=O)[O-])C1C=CC=CC=C1. The lowest BCUT2D eigenvalue weighted by atomic mass is 9.90. The highest BCUT2D eigenvalue weighted by Crippen LogP contribution is 2.29. The summed E-state index contributed by atoms with van der Waals surface area (Å²) in [4.78, 5) is 20.5. The Labute approximate surface area is 144 Å². The molecule has 8 nitrogen and oxygen atoms in total. The summed E-state index contributed by atoms with van der Waals surface area (Å²) in [5.74, 6) is 0.300. The van der Waals surface area contributed by atoms with Crippen molar-refractivity contribution in [1.29, 1.82) is 0 Å². The van der Waals surface area contributed by atoms with Crippen molar-refractivity contribution in [3.63, 3.8) is 0 Å². The van der Waals surface area contributed by atoms with Crippen LogP contribution in [-0.2, 0) is 0 Å². The minimum atomic E-state index is -0.676. The van der Waals surface area contributed by atoms with E-state index in [1.54, 1.807) is 6.21 Å². The van der Waals surface area contributed by atoms with Gasteiger partial charge in [-0.3, -0.25) is 25.7 Å². The van der Waals surface area contributed by atoms with Crippen molar-refractivity contribution in [2.75, 3.05) is 5.43 Å². The molecular weight excluding hydrogens is 324 g/mol. The molecule has 0 saturated heterocycles. The molecule has 1 aliphatic carbocycles. The van der Waals surface area contributed by atoms with Gasteiger partial charge in [-0.1, -0.05) is 43.4 Å². The monoisotopic (exact) mass is 342 g/mol. The third-order valence-electron chi connectivity index (χ3n) is 3.81. The minimum absolute atomic E-state index is 0.107. The molecular formula is C17H18N4O4. The normalized spacial score (nSPS) is 15.2. The van der Waals surface area contributed by atoms with Gasteiger partial charge in [-0.2, -0.15) is 5.10 Å². The average Bonchev–Trinajstić information content (AvgIpc) is 2.87. The van der Waals surface area contributed by atoms with E-state index >= 15 is 0 Å². The molecule has 0 spiro atoms. The second-order valence-corrected chi connectivity index (χ2v) is 5.41. The van der Waals surface area contributed by atoms with Gasteiger partial charge in [-0.25, -0.2) is 0 Å². The van der Waals surface area contributed by atoms with E-state index in [4.69, 9.17) is 0 Å². The molecule has 1 aromatic rings. The molecule has 0 bridgehead atoms. The van der Waals surface area contributed by atoms with Crippen LogP contribution in [-0.4, -0.2) is 16.1 Å². The summed E-state index contributed by atoms with van der Waals surface area (Å²) in [7, 11) is 0. The Hall–Kier alpha value is -3.29. The van der Waals surface area contributed by atoms with Crippen LogP contribution < -0.4 is 5.43 Å². The first-order valence-corrected chi connectivity index (χ1v) is 7.76. The van der Waals surface area contributed by atoms with Gasteiger partial charge in [0.05, 0.1) is 15.9 Å². The van der Waals surface area contributed by atoms with E-state index in [0.29, 0.717) is 0 Å². The van der Waals surface area contributed by atoms with Crippen LogP contribution in [0.15, 0.2) is 59.8 Å². The molecule has 8 heteroatoms. The molecule has 1 N–H and O–H groups in total. The van der Waals surface area contributed by atoms with Crippen molar-refractivity contribution in [3.8, 4) is 0 Å². The maximum Gasteiger partial charge on any atom is 0.301 e. The standard InChI is InChI=1S/C17H18N4O4/c1-2-13(14-7-5-3-4-6-8-14)12-18-19-16-10-9-15(20(22)23)11-17(16)21(24)25/h3-14,19H,2H2,1H3/b18-12+. The van der Waals surface area contributed by atoms with Crippen LogP contribution in [0.5, 0.6) is 0 Å². The van der Waals surface area contributed by atoms with Gasteiger partial charge in [-0.05, 0) is 12.5 Å². The number of rotatable bonds is 7. The van der Waals surface area contributed by atoms with Crippen LogP contribution in [0.25, 0.3) is 0 Å². The number of hydrogen-bond donors (Lipinski definition) is 1. The first-order chi connectivity index (χ1) is 12.0. The largest absolute Gasteiger partial charge is 0.301 e. The number of benzene rings is 1. The summed E-state index contributed by atoms with van der Waals surface area (Å²) in [5.41, 5.74) is 2.00. The molecule has 1 atom stereocenters. The fraction of sp³-hybridized carbons (Fsp3) is 0.235. The molecule has 0 amide bonds. The summed E-state index contributed by atoms with van der Waals surface area (Å²) in [6, 6.07) is 3.39. The first-order valence-electron chi connectivity index (χ1n) is 7.76. The van der Waals surface area contributed by atoms with Gasteiger partial charge in [0.2, 0.25) is 0 Å². The zero-order valence-electron chi connectivity index (χ0n) is 13.6. The van der Waals surface area contributed by atoms with Gasteiger partial charge in [0.25, 0.3) is 5.69 Å². The van der Waals surface area contributed by atoms with Crippen molar-refractivity contribution >= 4 is 23.3 Å². The molecule has 0 saturated carbocycles. The predicted octanol–water partition coefficient (Wildman–Crippen LogP) is 4.23. The van der Waals surface area contributed by atoms with Crippen LogP contribution in [0.1, 0.15) is 13.3 Å². The van der Waals surface area contributed by atoms with Crippen LogP contribution >= 0.6 is 0 Å². The van der Waals surface area contributed by atoms with Gasteiger partial charge in [0.15, 0.2) is 0 Å². The number of nitrogens with one attached hydrogen (secondary N) is 1. The van der Waals surface area contributed by atoms with E-state index in [0.717, 1.165) is 12.5 Å². The Bertz CT molecular complexity index is 752. The fourth-order valence-electron chi connectivity index (χ4n) is 2.42. The third kappa shape index (κ3) is 4.84. The average molecular weight is 342 g/mol. The summed E-state index contributed by atoms with van der Waals surface area (Å²) in [6.45, 7) is 2.03. The highest BCUT2D eigenvalue weighted by atomic mass is 16.6. The minimum Gasteiger partial charge on any atom is -0.272 e. The Morgan fingerprint density at radius 3 is 2.40 bits per heavy atom. The number of non-ortho nitro benzene ring substituents is 1. The quantitative estimate of drug-likeness (QED) is 0.453. The number of allylic oxidation sites excluding steroid dienone is 6. The number of nitro benzene ring substituents is 2. The molecule has 0 radical (unpaired) electrons. The van der Waals surface area contributed by atoms with Crippen molar-refractivity contribution < 1.29 is 9.85 Å². The number of hydrogen-bond acceptors (Lipinski definition) is 6. The Balaban J connectivity index is 2.15. The number of nitro groups is 2. The van der Waals surface area contributed by atoms with Crippen LogP contribution in [0, 0.1) is 32.1 Å². The van der Waals surface area contributed by atoms with Crippen LogP contribution in [0.3, 0.4) is 0 Å². The van der Waals surface area contributed by atoms with E-state index in [2.05, 4.69) is 22.7 Å².